The van der Waals surface area contributed by atoms with Crippen molar-refractivity contribution >= 4 is 11.9 Å². The molecular weight excluding hydrogens is 276 g/mol. The van der Waals surface area contributed by atoms with E-state index < -0.39 is 5.91 Å². The number of benzene rings is 1. The van der Waals surface area contributed by atoms with Gasteiger partial charge in [-0.3, -0.25) is 4.79 Å². The van der Waals surface area contributed by atoms with Crippen LogP contribution in [0.25, 0.3) is 0 Å². The number of rotatable bonds is 8. The number of guanidine groups is 1. The molecule has 0 bridgehead atoms. The lowest BCUT2D eigenvalue weighted by Gasteiger charge is -2.12. The summed E-state index contributed by atoms with van der Waals surface area (Å²) in [5.41, 5.74) is 6.78. The topological polar surface area (TPSA) is 79.5 Å². The molecule has 1 aromatic carbocycles. The molecule has 5 nitrogen and oxygen atoms in total. The second-order valence-corrected chi connectivity index (χ2v) is 5.72. The number of carbonyl (C=O) groups is 1. The Labute approximate surface area is 133 Å². The summed E-state index contributed by atoms with van der Waals surface area (Å²) in [5.74, 6) is 1.11. The zero-order chi connectivity index (χ0) is 16.4. The second kappa shape index (κ2) is 9.82. The average molecular weight is 304 g/mol. The number of carbonyl (C=O) groups excluding carboxylic acids is 1. The highest BCUT2D eigenvalue weighted by molar-refractivity contribution is 5.92. The number of hydrogen-bond donors (Lipinski definition) is 3. The van der Waals surface area contributed by atoms with Crippen LogP contribution in [0.3, 0.4) is 0 Å². The molecule has 0 heterocycles. The molecule has 0 spiro atoms. The van der Waals surface area contributed by atoms with Gasteiger partial charge in [0.15, 0.2) is 5.96 Å². The van der Waals surface area contributed by atoms with Crippen LogP contribution in [-0.4, -0.2) is 25.0 Å². The lowest BCUT2D eigenvalue weighted by molar-refractivity contribution is 0.1000. The molecule has 1 rings (SSSR count). The first kappa shape index (κ1) is 18.0. The van der Waals surface area contributed by atoms with Gasteiger partial charge in [-0.15, -0.1) is 0 Å². The van der Waals surface area contributed by atoms with Crippen molar-refractivity contribution in [3.63, 3.8) is 0 Å². The van der Waals surface area contributed by atoms with E-state index in [4.69, 9.17) is 5.73 Å². The predicted octanol–water partition coefficient (Wildman–Crippen LogP) is 2.28. The number of aliphatic imine (C=N–C) groups is 1. The molecule has 22 heavy (non-hydrogen) atoms. The normalized spacial score (nSPS) is 11.5. The summed E-state index contributed by atoms with van der Waals surface area (Å²) in [6, 6.07) is 7.27. The van der Waals surface area contributed by atoms with Gasteiger partial charge < -0.3 is 16.4 Å². The zero-order valence-corrected chi connectivity index (χ0v) is 13.9. The monoisotopic (exact) mass is 304 g/mol. The number of nitrogens with one attached hydrogen (secondary N) is 2. The minimum Gasteiger partial charge on any atom is -0.366 e. The Morgan fingerprint density at radius 2 is 2.09 bits per heavy atom. The molecule has 1 aromatic rings. The van der Waals surface area contributed by atoms with Crippen molar-refractivity contribution in [1.82, 2.24) is 10.6 Å². The molecule has 122 valence electrons. The summed E-state index contributed by atoms with van der Waals surface area (Å²) in [7, 11) is 0. The Morgan fingerprint density at radius 1 is 1.32 bits per heavy atom. The molecule has 0 saturated heterocycles. The van der Waals surface area contributed by atoms with Crippen molar-refractivity contribution in [3.05, 3.63) is 35.4 Å². The summed E-state index contributed by atoms with van der Waals surface area (Å²) in [5, 5.41) is 6.56. The van der Waals surface area contributed by atoms with Gasteiger partial charge in [-0.05, 0) is 43.4 Å². The first-order valence-electron chi connectivity index (χ1n) is 7.93. The first-order valence-corrected chi connectivity index (χ1v) is 7.93. The van der Waals surface area contributed by atoms with E-state index in [1.165, 1.54) is 6.42 Å². The van der Waals surface area contributed by atoms with E-state index >= 15 is 0 Å². The molecule has 0 aromatic heterocycles. The predicted molar refractivity (Wildman–Crippen MR) is 91.9 cm³/mol. The van der Waals surface area contributed by atoms with Gasteiger partial charge >= 0.3 is 0 Å². The maximum atomic E-state index is 11.2. The molecule has 0 unspecified atom stereocenters. The minimum absolute atomic E-state index is 0.412. The van der Waals surface area contributed by atoms with Crippen LogP contribution in [0, 0.1) is 5.92 Å². The van der Waals surface area contributed by atoms with Crippen LogP contribution in [0.5, 0.6) is 0 Å². The Morgan fingerprint density at radius 3 is 2.73 bits per heavy atom. The summed E-state index contributed by atoms with van der Waals surface area (Å²) in [6.07, 6.45) is 2.33. The average Bonchev–Trinajstić information content (AvgIpc) is 2.49. The van der Waals surface area contributed by atoms with Gasteiger partial charge in [-0.1, -0.05) is 26.0 Å². The van der Waals surface area contributed by atoms with Crippen molar-refractivity contribution in [3.8, 4) is 0 Å². The van der Waals surface area contributed by atoms with E-state index in [0.29, 0.717) is 12.1 Å². The van der Waals surface area contributed by atoms with Crippen LogP contribution in [-0.2, 0) is 6.54 Å². The maximum absolute atomic E-state index is 11.2. The van der Waals surface area contributed by atoms with Gasteiger partial charge in [0.1, 0.15) is 0 Å². The Hall–Kier alpha value is -2.04. The smallest absolute Gasteiger partial charge is 0.248 e. The summed E-state index contributed by atoms with van der Waals surface area (Å²) < 4.78 is 0. The Kier molecular flexibility index (Phi) is 8.04. The number of nitrogens with two attached hydrogens (primary N) is 1. The van der Waals surface area contributed by atoms with Crippen LogP contribution >= 0.6 is 0 Å². The Bertz CT molecular complexity index is 497. The van der Waals surface area contributed by atoms with Crippen LogP contribution in [0.1, 0.15) is 49.5 Å². The molecule has 0 aliphatic carbocycles. The van der Waals surface area contributed by atoms with Gasteiger partial charge in [-0.25, -0.2) is 4.99 Å². The molecule has 0 saturated carbocycles. The molecule has 5 heteroatoms. The lowest BCUT2D eigenvalue weighted by atomic mass is 10.1. The summed E-state index contributed by atoms with van der Waals surface area (Å²) in [4.78, 5) is 15.7. The third-order valence-electron chi connectivity index (χ3n) is 3.23. The number of primary amides is 1. The minimum atomic E-state index is -0.412. The fourth-order valence-corrected chi connectivity index (χ4v) is 2.05. The van der Waals surface area contributed by atoms with Gasteiger partial charge in [0.25, 0.3) is 0 Å². The molecule has 0 atom stereocenters. The van der Waals surface area contributed by atoms with E-state index in [1.54, 1.807) is 12.1 Å². The van der Waals surface area contributed by atoms with Crippen molar-refractivity contribution < 1.29 is 4.79 Å². The van der Waals surface area contributed by atoms with Crippen LogP contribution in [0.4, 0.5) is 0 Å². The zero-order valence-electron chi connectivity index (χ0n) is 13.9. The number of amides is 1. The van der Waals surface area contributed by atoms with Crippen LogP contribution in [0.15, 0.2) is 29.3 Å². The molecule has 0 fully saturated rings. The SMILES string of the molecule is CCNC(=NCc1cccc(C(N)=O)c1)NCCCC(C)C. The van der Waals surface area contributed by atoms with Gasteiger partial charge in [0.2, 0.25) is 5.91 Å². The van der Waals surface area contributed by atoms with E-state index in [-0.39, 0.29) is 0 Å². The largest absolute Gasteiger partial charge is 0.366 e. The van der Waals surface area contributed by atoms with E-state index in [1.807, 2.05) is 19.1 Å². The molecule has 4 N–H and O–H groups in total. The summed E-state index contributed by atoms with van der Waals surface area (Å²) in [6.45, 7) is 8.73. The standard InChI is InChI=1S/C17H28N4O/c1-4-19-17(20-10-6-7-13(2)3)21-12-14-8-5-9-15(11-14)16(18)22/h5,8-9,11,13H,4,6-7,10,12H2,1-3H3,(H2,18,22)(H2,19,20,21). The van der Waals surface area contributed by atoms with Gasteiger partial charge in [0, 0.05) is 18.7 Å². The second-order valence-electron chi connectivity index (χ2n) is 5.72. The quantitative estimate of drug-likeness (QED) is 0.391. The fourth-order valence-electron chi connectivity index (χ4n) is 2.05. The van der Waals surface area contributed by atoms with E-state index in [0.717, 1.165) is 37.0 Å². The highest BCUT2D eigenvalue weighted by Gasteiger charge is 2.02. The van der Waals surface area contributed by atoms with Crippen LogP contribution in [0.2, 0.25) is 0 Å². The third-order valence-corrected chi connectivity index (χ3v) is 3.23. The molecular formula is C17H28N4O. The molecule has 1 amide bonds. The van der Waals surface area contributed by atoms with E-state index in [9.17, 15) is 4.79 Å². The van der Waals surface area contributed by atoms with Crippen molar-refractivity contribution in [2.24, 2.45) is 16.6 Å². The van der Waals surface area contributed by atoms with Gasteiger partial charge in [-0.2, -0.15) is 0 Å². The van der Waals surface area contributed by atoms with Gasteiger partial charge in [0.05, 0.1) is 6.54 Å². The maximum Gasteiger partial charge on any atom is 0.248 e. The van der Waals surface area contributed by atoms with Crippen molar-refractivity contribution in [2.45, 2.75) is 40.2 Å². The third kappa shape index (κ3) is 7.11. The Balaban J connectivity index is 2.57. The van der Waals surface area contributed by atoms with Crippen molar-refractivity contribution in [2.75, 3.05) is 13.1 Å². The highest BCUT2D eigenvalue weighted by atomic mass is 16.1. The van der Waals surface area contributed by atoms with E-state index in [2.05, 4.69) is 29.5 Å². The summed E-state index contributed by atoms with van der Waals surface area (Å²) >= 11 is 0. The number of nitrogens with zero attached hydrogens (tertiary/aromatic N) is 1. The molecule has 0 aliphatic rings. The number of hydrogen-bond acceptors (Lipinski definition) is 2. The van der Waals surface area contributed by atoms with Crippen LogP contribution < -0.4 is 16.4 Å². The first-order chi connectivity index (χ1) is 10.5. The lowest BCUT2D eigenvalue weighted by Crippen LogP contribution is -2.37. The fraction of sp³-hybridized carbons (Fsp3) is 0.529. The highest BCUT2D eigenvalue weighted by Crippen LogP contribution is 2.06. The molecule has 0 radical (unpaired) electrons. The van der Waals surface area contributed by atoms with Crippen molar-refractivity contribution in [1.29, 1.82) is 0 Å². The molecule has 0 aliphatic heterocycles.